The van der Waals surface area contributed by atoms with Crippen molar-refractivity contribution >= 4 is 23.6 Å². The normalized spacial score (nSPS) is 22.4. The summed E-state index contributed by atoms with van der Waals surface area (Å²) in [4.78, 5) is 52.7. The Labute approximate surface area is 198 Å². The fourth-order valence-electron chi connectivity index (χ4n) is 5.08. The molecule has 5 rings (SSSR count). The Bertz CT molecular complexity index is 1240. The van der Waals surface area contributed by atoms with E-state index in [1.54, 1.807) is 29.2 Å². The van der Waals surface area contributed by atoms with E-state index in [0.717, 1.165) is 12.1 Å². The number of hydrogen-bond acceptors (Lipinski definition) is 4. The maximum absolute atomic E-state index is 13.1. The molecule has 0 spiro atoms. The Kier molecular flexibility index (Phi) is 5.61. The fourth-order valence-corrected chi connectivity index (χ4v) is 5.08. The maximum Gasteiger partial charge on any atom is 0.416 e. The first-order valence-corrected chi connectivity index (χ1v) is 11.4. The first kappa shape index (κ1) is 23.1. The topological polar surface area (TPSA) is 86.8 Å². The van der Waals surface area contributed by atoms with Gasteiger partial charge in [-0.1, -0.05) is 18.2 Å². The first-order valence-electron chi connectivity index (χ1n) is 11.4. The van der Waals surface area contributed by atoms with Gasteiger partial charge in [0.25, 0.3) is 11.8 Å². The number of rotatable bonds is 3. The van der Waals surface area contributed by atoms with Gasteiger partial charge >= 0.3 is 6.18 Å². The van der Waals surface area contributed by atoms with Gasteiger partial charge in [0.2, 0.25) is 11.8 Å². The molecule has 2 saturated heterocycles. The highest BCUT2D eigenvalue weighted by Gasteiger charge is 2.39. The molecule has 0 aliphatic carbocycles. The van der Waals surface area contributed by atoms with Crippen molar-refractivity contribution in [3.05, 3.63) is 70.3 Å². The van der Waals surface area contributed by atoms with E-state index >= 15 is 0 Å². The number of nitrogens with zero attached hydrogens (tertiary/aromatic N) is 2. The molecule has 0 aromatic heterocycles. The van der Waals surface area contributed by atoms with Crippen molar-refractivity contribution in [2.24, 2.45) is 0 Å². The van der Waals surface area contributed by atoms with Crippen molar-refractivity contribution in [1.29, 1.82) is 0 Å². The van der Waals surface area contributed by atoms with E-state index in [1.165, 1.54) is 11.0 Å². The Morgan fingerprint density at radius 1 is 1.03 bits per heavy atom. The average Bonchev–Trinajstić information content (AvgIpc) is 3.43. The molecule has 2 aromatic carbocycles. The maximum atomic E-state index is 13.1. The Morgan fingerprint density at radius 3 is 2.57 bits per heavy atom. The van der Waals surface area contributed by atoms with Crippen molar-refractivity contribution in [2.45, 2.75) is 43.9 Å². The lowest BCUT2D eigenvalue weighted by molar-refractivity contribution is -0.138. The SMILES string of the molecule is O=C1CCC(N2Cc3cc(C(=O)N4CC[C@@H](c5cccc(C(F)(F)F)c5)C4)ccc3C2=O)C(=O)N1. The van der Waals surface area contributed by atoms with Crippen molar-refractivity contribution in [3.8, 4) is 0 Å². The van der Waals surface area contributed by atoms with Crippen LogP contribution in [0.2, 0.25) is 0 Å². The van der Waals surface area contributed by atoms with Crippen LogP contribution in [0.25, 0.3) is 0 Å². The summed E-state index contributed by atoms with van der Waals surface area (Å²) in [7, 11) is 0. The lowest BCUT2D eigenvalue weighted by atomic mass is 9.96. The van der Waals surface area contributed by atoms with Crippen LogP contribution in [-0.4, -0.2) is 52.6 Å². The van der Waals surface area contributed by atoms with Gasteiger partial charge in [-0.05, 0) is 48.2 Å². The molecule has 3 aliphatic heterocycles. The van der Waals surface area contributed by atoms with E-state index in [-0.39, 0.29) is 43.0 Å². The molecule has 2 aromatic rings. The minimum atomic E-state index is -4.42. The van der Waals surface area contributed by atoms with Gasteiger partial charge in [-0.15, -0.1) is 0 Å². The second kappa shape index (κ2) is 8.51. The second-order valence-corrected chi connectivity index (χ2v) is 9.13. The summed E-state index contributed by atoms with van der Waals surface area (Å²) in [5.41, 5.74) is 1.26. The summed E-state index contributed by atoms with van der Waals surface area (Å²) < 4.78 is 39.2. The number of fused-ring (bicyclic) bond motifs is 1. The standard InChI is InChI=1S/C25H22F3N3O4/c26-25(27,28)18-3-1-2-14(11-18)16-8-9-30(12-16)23(34)15-4-5-19-17(10-15)13-31(24(19)35)20-6-7-21(32)29-22(20)33/h1-5,10-11,16,20H,6-9,12-13H2,(H,29,32,33)/t16-,20?/m1/s1. The summed E-state index contributed by atoms with van der Waals surface area (Å²) in [5, 5.41) is 2.25. The monoisotopic (exact) mass is 485 g/mol. The molecule has 0 radical (unpaired) electrons. The van der Waals surface area contributed by atoms with Crippen LogP contribution in [0.4, 0.5) is 13.2 Å². The fraction of sp³-hybridized carbons (Fsp3) is 0.360. The van der Waals surface area contributed by atoms with Crippen LogP contribution in [-0.2, 0) is 22.3 Å². The third kappa shape index (κ3) is 4.28. The summed E-state index contributed by atoms with van der Waals surface area (Å²) in [6.45, 7) is 0.880. The van der Waals surface area contributed by atoms with Crippen molar-refractivity contribution in [2.75, 3.05) is 13.1 Å². The van der Waals surface area contributed by atoms with Crippen LogP contribution in [0.3, 0.4) is 0 Å². The number of benzene rings is 2. The molecule has 4 amide bonds. The molecule has 3 heterocycles. The van der Waals surface area contributed by atoms with E-state index in [1.807, 2.05) is 0 Å². The number of carbonyl (C=O) groups excluding carboxylic acids is 4. The largest absolute Gasteiger partial charge is 0.416 e. The van der Waals surface area contributed by atoms with Crippen molar-refractivity contribution in [1.82, 2.24) is 15.1 Å². The third-order valence-corrected chi connectivity index (χ3v) is 6.93. The van der Waals surface area contributed by atoms with Gasteiger partial charge in [-0.3, -0.25) is 24.5 Å². The van der Waals surface area contributed by atoms with Crippen molar-refractivity contribution < 1.29 is 32.3 Å². The summed E-state index contributed by atoms with van der Waals surface area (Å²) in [6.07, 6.45) is -3.46. The van der Waals surface area contributed by atoms with Crippen molar-refractivity contribution in [3.63, 3.8) is 0 Å². The summed E-state index contributed by atoms with van der Waals surface area (Å²) in [5.74, 6) is -1.64. The van der Waals surface area contributed by atoms with Crippen LogP contribution >= 0.6 is 0 Å². The zero-order valence-corrected chi connectivity index (χ0v) is 18.6. The van der Waals surface area contributed by atoms with Gasteiger partial charge in [-0.2, -0.15) is 13.2 Å². The molecule has 0 bridgehead atoms. The van der Waals surface area contributed by atoms with Crippen LogP contribution in [0, 0.1) is 0 Å². The average molecular weight is 485 g/mol. The molecule has 182 valence electrons. The number of nitrogens with one attached hydrogen (secondary N) is 1. The molecule has 3 aliphatic rings. The van der Waals surface area contributed by atoms with E-state index in [9.17, 15) is 32.3 Å². The molecule has 7 nitrogen and oxygen atoms in total. The number of alkyl halides is 3. The smallest absolute Gasteiger partial charge is 0.338 e. The quantitative estimate of drug-likeness (QED) is 0.677. The van der Waals surface area contributed by atoms with Gasteiger partial charge < -0.3 is 9.80 Å². The van der Waals surface area contributed by atoms with Crippen LogP contribution in [0.1, 0.15) is 62.6 Å². The molecular weight excluding hydrogens is 463 g/mol. The molecular formula is C25H22F3N3O4. The number of piperidine rings is 1. The lowest BCUT2D eigenvalue weighted by Crippen LogP contribution is -2.52. The predicted molar refractivity (Wildman–Crippen MR) is 117 cm³/mol. The van der Waals surface area contributed by atoms with Crippen LogP contribution in [0.15, 0.2) is 42.5 Å². The van der Waals surface area contributed by atoms with Crippen LogP contribution < -0.4 is 5.32 Å². The molecule has 10 heteroatoms. The van der Waals surface area contributed by atoms with Gasteiger partial charge in [0.15, 0.2) is 0 Å². The molecule has 2 atom stereocenters. The van der Waals surface area contributed by atoms with Gasteiger partial charge in [0.1, 0.15) is 6.04 Å². The van der Waals surface area contributed by atoms with E-state index in [4.69, 9.17) is 0 Å². The van der Waals surface area contributed by atoms with E-state index < -0.39 is 23.7 Å². The minimum absolute atomic E-state index is 0.155. The highest BCUT2D eigenvalue weighted by atomic mass is 19.4. The van der Waals surface area contributed by atoms with E-state index in [2.05, 4.69) is 5.32 Å². The molecule has 35 heavy (non-hydrogen) atoms. The Hall–Kier alpha value is -3.69. The summed E-state index contributed by atoms with van der Waals surface area (Å²) >= 11 is 0. The number of hydrogen-bond donors (Lipinski definition) is 1. The van der Waals surface area contributed by atoms with Gasteiger partial charge in [0.05, 0.1) is 5.56 Å². The van der Waals surface area contributed by atoms with Gasteiger partial charge in [-0.25, -0.2) is 0 Å². The second-order valence-electron chi connectivity index (χ2n) is 9.13. The minimum Gasteiger partial charge on any atom is -0.338 e. The highest BCUT2D eigenvalue weighted by Crippen LogP contribution is 2.34. The predicted octanol–water partition coefficient (Wildman–Crippen LogP) is 3.10. The van der Waals surface area contributed by atoms with Gasteiger partial charge in [0, 0.05) is 43.1 Å². The van der Waals surface area contributed by atoms with Crippen LogP contribution in [0.5, 0.6) is 0 Å². The zero-order valence-electron chi connectivity index (χ0n) is 18.6. The number of likely N-dealkylation sites (tertiary alicyclic amines) is 1. The third-order valence-electron chi connectivity index (χ3n) is 6.93. The van der Waals surface area contributed by atoms with E-state index in [0.29, 0.717) is 41.8 Å². The first-order chi connectivity index (χ1) is 16.6. The Morgan fingerprint density at radius 2 is 1.83 bits per heavy atom. The Balaban J connectivity index is 1.29. The number of carbonyl (C=O) groups is 4. The molecule has 2 fully saturated rings. The zero-order chi connectivity index (χ0) is 24.9. The highest BCUT2D eigenvalue weighted by molar-refractivity contribution is 6.06. The summed E-state index contributed by atoms with van der Waals surface area (Å²) in [6, 6.07) is 9.24. The number of halogens is 3. The molecule has 1 N–H and O–H groups in total. The number of amides is 4. The lowest BCUT2D eigenvalue weighted by Gasteiger charge is -2.29. The number of imide groups is 1. The molecule has 1 unspecified atom stereocenters. The molecule has 0 saturated carbocycles.